The molecule has 1 rings (SSSR count). The molecule has 1 aromatic rings. The Balaban J connectivity index is 3.24. The predicted octanol–water partition coefficient (Wildman–Crippen LogP) is 3.81. The highest BCUT2D eigenvalue weighted by Crippen LogP contribution is 2.21. The van der Waals surface area contributed by atoms with Gasteiger partial charge < -0.3 is 5.41 Å². The van der Waals surface area contributed by atoms with Gasteiger partial charge >= 0.3 is 0 Å². The molecule has 4 heteroatoms. The molecular formula is C10H10Cl2N2. The molecule has 2 nitrogen and oxygen atoms in total. The number of hydrogen-bond donors (Lipinski definition) is 1. The second kappa shape index (κ2) is 5.13. The molecule has 0 amide bonds. The van der Waals surface area contributed by atoms with E-state index in [1.165, 1.54) is 12.3 Å². The van der Waals surface area contributed by atoms with Gasteiger partial charge in [0.1, 0.15) is 5.15 Å². The van der Waals surface area contributed by atoms with Gasteiger partial charge in [0.15, 0.2) is 0 Å². The summed E-state index contributed by atoms with van der Waals surface area (Å²) >= 11 is 11.7. The van der Waals surface area contributed by atoms with E-state index in [0.717, 1.165) is 6.42 Å². The summed E-state index contributed by atoms with van der Waals surface area (Å²) in [4.78, 5) is 4.09. The molecule has 0 unspecified atom stereocenters. The lowest BCUT2D eigenvalue weighted by Crippen LogP contribution is -1.92. The first-order valence-electron chi connectivity index (χ1n) is 4.22. The summed E-state index contributed by atoms with van der Waals surface area (Å²) < 4.78 is 0. The fourth-order valence-corrected chi connectivity index (χ4v) is 1.52. The van der Waals surface area contributed by atoms with E-state index < -0.39 is 0 Å². The maximum atomic E-state index is 7.20. The van der Waals surface area contributed by atoms with Crippen molar-refractivity contribution in [1.82, 2.24) is 4.98 Å². The summed E-state index contributed by atoms with van der Waals surface area (Å²) in [6.07, 6.45) is 5.85. The van der Waals surface area contributed by atoms with Crippen LogP contribution in [0.2, 0.25) is 10.2 Å². The van der Waals surface area contributed by atoms with E-state index >= 15 is 0 Å². The Morgan fingerprint density at radius 1 is 1.50 bits per heavy atom. The largest absolute Gasteiger partial charge is 0.308 e. The Hall–Kier alpha value is -0.860. The molecule has 14 heavy (non-hydrogen) atoms. The average Bonchev–Trinajstić information content (AvgIpc) is 2.14. The van der Waals surface area contributed by atoms with Crippen LogP contribution in [-0.4, -0.2) is 11.2 Å². The normalized spacial score (nSPS) is 10.8. The van der Waals surface area contributed by atoms with Gasteiger partial charge in [0.25, 0.3) is 0 Å². The Morgan fingerprint density at radius 2 is 2.21 bits per heavy atom. The van der Waals surface area contributed by atoms with Gasteiger partial charge in [-0.3, -0.25) is 0 Å². The zero-order valence-corrected chi connectivity index (χ0v) is 9.23. The zero-order valence-electron chi connectivity index (χ0n) is 7.72. The highest BCUT2D eigenvalue weighted by atomic mass is 35.5. The molecule has 0 spiro atoms. The minimum Gasteiger partial charge on any atom is -0.308 e. The maximum Gasteiger partial charge on any atom is 0.131 e. The molecular weight excluding hydrogens is 219 g/mol. The standard InChI is InChI=1S/C10H10Cl2N2/c1-2-3-4-9-7(6-13)8(11)5-10(12)14-9/h3-6,13H,2H2,1H3/b4-3-,13-6?. The lowest BCUT2D eigenvalue weighted by molar-refractivity contribution is 1.22. The Labute approximate surface area is 93.1 Å². The van der Waals surface area contributed by atoms with E-state index in [1.54, 1.807) is 0 Å². The third kappa shape index (κ3) is 2.56. The number of pyridine rings is 1. The van der Waals surface area contributed by atoms with E-state index in [2.05, 4.69) is 4.98 Å². The molecule has 0 saturated heterocycles. The van der Waals surface area contributed by atoms with Crippen LogP contribution in [0, 0.1) is 5.41 Å². The van der Waals surface area contributed by atoms with Crippen LogP contribution in [-0.2, 0) is 0 Å². The second-order valence-electron chi connectivity index (χ2n) is 2.68. The third-order valence-electron chi connectivity index (χ3n) is 1.66. The van der Waals surface area contributed by atoms with E-state index in [-0.39, 0.29) is 0 Å². The third-order valence-corrected chi connectivity index (χ3v) is 2.17. The molecule has 1 heterocycles. The fraction of sp³-hybridized carbons (Fsp3) is 0.200. The first-order chi connectivity index (χ1) is 6.69. The number of aromatic nitrogens is 1. The zero-order chi connectivity index (χ0) is 10.6. The maximum absolute atomic E-state index is 7.20. The van der Waals surface area contributed by atoms with E-state index in [1.807, 2.05) is 19.1 Å². The molecule has 1 N–H and O–H groups in total. The number of halogens is 2. The van der Waals surface area contributed by atoms with Crippen molar-refractivity contribution in [2.24, 2.45) is 0 Å². The first-order valence-corrected chi connectivity index (χ1v) is 4.97. The Morgan fingerprint density at radius 3 is 2.79 bits per heavy atom. The van der Waals surface area contributed by atoms with Gasteiger partial charge in [-0.25, -0.2) is 4.98 Å². The highest BCUT2D eigenvalue weighted by Gasteiger charge is 2.05. The minimum atomic E-state index is 0.344. The molecule has 0 aliphatic rings. The van der Waals surface area contributed by atoms with Crippen molar-refractivity contribution < 1.29 is 0 Å². The van der Waals surface area contributed by atoms with Crippen LogP contribution in [0.3, 0.4) is 0 Å². The first kappa shape index (κ1) is 11.2. The smallest absolute Gasteiger partial charge is 0.131 e. The summed E-state index contributed by atoms with van der Waals surface area (Å²) in [7, 11) is 0. The van der Waals surface area contributed by atoms with Gasteiger partial charge in [-0.05, 0) is 18.6 Å². The second-order valence-corrected chi connectivity index (χ2v) is 3.48. The van der Waals surface area contributed by atoms with Crippen molar-refractivity contribution in [2.75, 3.05) is 0 Å². The van der Waals surface area contributed by atoms with Crippen LogP contribution in [0.25, 0.3) is 6.08 Å². The van der Waals surface area contributed by atoms with Gasteiger partial charge in [0, 0.05) is 11.8 Å². The number of rotatable bonds is 3. The molecule has 0 bridgehead atoms. The Kier molecular flexibility index (Phi) is 4.11. The van der Waals surface area contributed by atoms with Crippen molar-refractivity contribution >= 4 is 35.5 Å². The number of allylic oxidation sites excluding steroid dienone is 1. The molecule has 0 aliphatic carbocycles. The lowest BCUT2D eigenvalue weighted by Gasteiger charge is -2.02. The van der Waals surface area contributed by atoms with E-state index in [0.29, 0.717) is 21.4 Å². The molecule has 74 valence electrons. The SMILES string of the molecule is CC/C=C\c1nc(Cl)cc(Cl)c1C=N. The van der Waals surface area contributed by atoms with Crippen molar-refractivity contribution in [3.63, 3.8) is 0 Å². The van der Waals surface area contributed by atoms with E-state index in [9.17, 15) is 0 Å². The van der Waals surface area contributed by atoms with Crippen LogP contribution < -0.4 is 0 Å². The molecule has 0 fully saturated rings. The summed E-state index contributed by atoms with van der Waals surface area (Å²) in [5.74, 6) is 0. The summed E-state index contributed by atoms with van der Waals surface area (Å²) in [5.41, 5.74) is 1.24. The van der Waals surface area contributed by atoms with Crippen LogP contribution in [0.5, 0.6) is 0 Å². The van der Waals surface area contributed by atoms with Crippen molar-refractivity contribution in [1.29, 1.82) is 5.41 Å². The highest BCUT2D eigenvalue weighted by molar-refractivity contribution is 6.35. The van der Waals surface area contributed by atoms with Crippen molar-refractivity contribution in [2.45, 2.75) is 13.3 Å². The number of hydrogen-bond acceptors (Lipinski definition) is 2. The fourth-order valence-electron chi connectivity index (χ4n) is 1.01. The lowest BCUT2D eigenvalue weighted by atomic mass is 10.2. The molecule has 0 saturated carbocycles. The molecule has 1 aromatic heterocycles. The predicted molar refractivity (Wildman–Crippen MR) is 61.5 cm³/mol. The van der Waals surface area contributed by atoms with Gasteiger partial charge in [0.05, 0.1) is 10.7 Å². The average molecular weight is 229 g/mol. The van der Waals surface area contributed by atoms with Crippen LogP contribution in [0.1, 0.15) is 24.6 Å². The van der Waals surface area contributed by atoms with Crippen LogP contribution >= 0.6 is 23.2 Å². The van der Waals surface area contributed by atoms with Crippen LogP contribution in [0.4, 0.5) is 0 Å². The van der Waals surface area contributed by atoms with Gasteiger partial charge in [-0.1, -0.05) is 36.2 Å². The van der Waals surface area contributed by atoms with Crippen molar-refractivity contribution in [3.05, 3.63) is 33.6 Å². The molecule has 0 aliphatic heterocycles. The number of nitrogens with one attached hydrogen (secondary N) is 1. The monoisotopic (exact) mass is 228 g/mol. The summed E-state index contributed by atoms with van der Waals surface area (Å²) in [5, 5.41) is 8.00. The quantitative estimate of drug-likeness (QED) is 0.620. The van der Waals surface area contributed by atoms with Gasteiger partial charge in [0.2, 0.25) is 0 Å². The Bertz CT molecular complexity index is 373. The van der Waals surface area contributed by atoms with Crippen LogP contribution in [0.15, 0.2) is 12.1 Å². The van der Waals surface area contributed by atoms with Gasteiger partial charge in [-0.2, -0.15) is 0 Å². The van der Waals surface area contributed by atoms with E-state index in [4.69, 9.17) is 28.6 Å². The topological polar surface area (TPSA) is 36.7 Å². The summed E-state index contributed by atoms with van der Waals surface area (Å²) in [6.45, 7) is 2.02. The molecule has 0 aromatic carbocycles. The van der Waals surface area contributed by atoms with Crippen molar-refractivity contribution in [3.8, 4) is 0 Å². The minimum absolute atomic E-state index is 0.344. The number of nitrogens with zero attached hydrogens (tertiary/aromatic N) is 1. The molecule has 0 radical (unpaired) electrons. The van der Waals surface area contributed by atoms with Gasteiger partial charge in [-0.15, -0.1) is 0 Å². The summed E-state index contributed by atoms with van der Waals surface area (Å²) in [6, 6.07) is 1.53. The molecule has 0 atom stereocenters.